The molecular weight excluding hydrogens is 126 g/mol. The average Bonchev–Trinajstić information content (AvgIpc) is 2.10. The van der Waals surface area contributed by atoms with E-state index >= 15 is 0 Å². The van der Waals surface area contributed by atoms with Gasteiger partial charge in [0.05, 0.1) is 5.69 Å². The van der Waals surface area contributed by atoms with Crippen molar-refractivity contribution in [1.29, 1.82) is 0 Å². The number of nitrogens with zero attached hydrogens (tertiary/aromatic N) is 1. The Morgan fingerprint density at radius 1 is 1.50 bits per heavy atom. The van der Waals surface area contributed by atoms with Gasteiger partial charge >= 0.3 is 0 Å². The van der Waals surface area contributed by atoms with E-state index in [0.29, 0.717) is 0 Å². The maximum atomic E-state index is 7.00. The van der Waals surface area contributed by atoms with Crippen LogP contribution in [0.15, 0.2) is 31.0 Å². The second kappa shape index (κ2) is 5.98. The third-order valence-corrected chi connectivity index (χ3v) is 0.897. The number of hydrogen-bond donors (Lipinski definition) is 1. The van der Waals surface area contributed by atoms with E-state index in [1.807, 2.05) is 18.2 Å². The number of aromatic nitrogens is 1. The summed E-state index contributed by atoms with van der Waals surface area (Å²) in [5.74, 6) is 0. The van der Waals surface area contributed by atoms with Crippen LogP contribution in [0, 0.1) is 0 Å². The van der Waals surface area contributed by atoms with Gasteiger partial charge in [0.1, 0.15) is 0 Å². The van der Waals surface area contributed by atoms with Crippen LogP contribution in [-0.4, -0.2) is 17.2 Å². The Labute approximate surface area is 60.9 Å². The molecule has 0 radical (unpaired) electrons. The van der Waals surface area contributed by atoms with E-state index < -0.39 is 0 Å². The SMILES string of the molecule is C=Cc1ccccn1.CO. The van der Waals surface area contributed by atoms with Gasteiger partial charge in [-0.1, -0.05) is 12.6 Å². The van der Waals surface area contributed by atoms with Gasteiger partial charge in [-0.25, -0.2) is 0 Å². The first-order chi connectivity index (χ1) is 4.93. The third kappa shape index (κ3) is 2.99. The molecule has 1 aromatic heterocycles. The third-order valence-electron chi connectivity index (χ3n) is 0.897. The molecule has 0 atom stereocenters. The molecule has 0 unspecified atom stereocenters. The Hall–Kier alpha value is -1.15. The van der Waals surface area contributed by atoms with Crippen molar-refractivity contribution in [2.24, 2.45) is 0 Å². The smallest absolute Gasteiger partial charge is 0.0623 e. The first kappa shape index (κ1) is 8.85. The lowest BCUT2D eigenvalue weighted by Crippen LogP contribution is -1.73. The molecule has 0 saturated carbocycles. The van der Waals surface area contributed by atoms with Crippen LogP contribution in [0.25, 0.3) is 6.08 Å². The van der Waals surface area contributed by atoms with Gasteiger partial charge in [-0.15, -0.1) is 0 Å². The van der Waals surface area contributed by atoms with E-state index in [9.17, 15) is 0 Å². The molecule has 0 aliphatic rings. The van der Waals surface area contributed by atoms with Crippen molar-refractivity contribution in [3.8, 4) is 0 Å². The minimum atomic E-state index is 0.924. The molecule has 1 N–H and O–H groups in total. The number of pyridine rings is 1. The molecule has 0 saturated heterocycles. The van der Waals surface area contributed by atoms with Gasteiger partial charge in [0.25, 0.3) is 0 Å². The van der Waals surface area contributed by atoms with Crippen molar-refractivity contribution in [3.63, 3.8) is 0 Å². The zero-order valence-electron chi connectivity index (χ0n) is 5.99. The van der Waals surface area contributed by atoms with Crippen LogP contribution in [0.5, 0.6) is 0 Å². The molecule has 0 fully saturated rings. The predicted octanol–water partition coefficient (Wildman–Crippen LogP) is 1.33. The molecule has 2 heteroatoms. The molecular formula is C8H11NO. The lowest BCUT2D eigenvalue weighted by atomic mass is 10.4. The summed E-state index contributed by atoms with van der Waals surface area (Å²) in [7, 11) is 1.00. The lowest BCUT2D eigenvalue weighted by Gasteiger charge is -1.84. The van der Waals surface area contributed by atoms with Gasteiger partial charge in [-0.3, -0.25) is 4.98 Å². The Morgan fingerprint density at radius 3 is 2.50 bits per heavy atom. The van der Waals surface area contributed by atoms with E-state index in [1.54, 1.807) is 12.3 Å². The number of rotatable bonds is 1. The topological polar surface area (TPSA) is 33.1 Å². The summed E-state index contributed by atoms with van der Waals surface area (Å²) in [6.45, 7) is 3.57. The van der Waals surface area contributed by atoms with Crippen LogP contribution >= 0.6 is 0 Å². The molecule has 1 heterocycles. The second-order valence-corrected chi connectivity index (χ2v) is 1.46. The molecule has 0 aliphatic heterocycles. The van der Waals surface area contributed by atoms with E-state index in [4.69, 9.17) is 5.11 Å². The van der Waals surface area contributed by atoms with Crippen molar-refractivity contribution in [2.75, 3.05) is 7.11 Å². The van der Waals surface area contributed by atoms with Crippen molar-refractivity contribution in [1.82, 2.24) is 4.98 Å². The van der Waals surface area contributed by atoms with Gasteiger partial charge < -0.3 is 5.11 Å². The van der Waals surface area contributed by atoms with Crippen molar-refractivity contribution >= 4 is 6.08 Å². The van der Waals surface area contributed by atoms with Crippen molar-refractivity contribution in [2.45, 2.75) is 0 Å². The summed E-state index contributed by atoms with van der Waals surface area (Å²) in [6.07, 6.45) is 3.47. The highest BCUT2D eigenvalue weighted by molar-refractivity contribution is 5.40. The molecule has 1 aromatic rings. The first-order valence-electron chi connectivity index (χ1n) is 2.91. The summed E-state index contributed by atoms with van der Waals surface area (Å²) in [5.41, 5.74) is 0.924. The normalized spacial score (nSPS) is 7.40. The van der Waals surface area contributed by atoms with Gasteiger partial charge in [0, 0.05) is 13.3 Å². The second-order valence-electron chi connectivity index (χ2n) is 1.46. The van der Waals surface area contributed by atoms with E-state index in [0.717, 1.165) is 12.8 Å². The minimum Gasteiger partial charge on any atom is -0.400 e. The summed E-state index contributed by atoms with van der Waals surface area (Å²) < 4.78 is 0. The zero-order chi connectivity index (χ0) is 7.82. The maximum Gasteiger partial charge on any atom is 0.0623 e. The summed E-state index contributed by atoms with van der Waals surface area (Å²) >= 11 is 0. The van der Waals surface area contributed by atoms with Crippen LogP contribution in [0.2, 0.25) is 0 Å². The largest absolute Gasteiger partial charge is 0.400 e. The Morgan fingerprint density at radius 2 is 2.20 bits per heavy atom. The van der Waals surface area contributed by atoms with Crippen LogP contribution in [-0.2, 0) is 0 Å². The summed E-state index contributed by atoms with van der Waals surface area (Å²) in [4.78, 5) is 3.98. The molecule has 0 spiro atoms. The fourth-order valence-electron chi connectivity index (χ4n) is 0.497. The summed E-state index contributed by atoms with van der Waals surface area (Å²) in [6, 6.07) is 5.73. The Balaban J connectivity index is 0.000000371. The van der Waals surface area contributed by atoms with E-state index in [2.05, 4.69) is 11.6 Å². The fraction of sp³-hybridized carbons (Fsp3) is 0.125. The highest BCUT2D eigenvalue weighted by Gasteiger charge is 1.77. The monoisotopic (exact) mass is 137 g/mol. The fourth-order valence-corrected chi connectivity index (χ4v) is 0.497. The molecule has 1 rings (SSSR count). The average molecular weight is 137 g/mol. The van der Waals surface area contributed by atoms with E-state index in [-0.39, 0.29) is 0 Å². The molecule has 10 heavy (non-hydrogen) atoms. The summed E-state index contributed by atoms with van der Waals surface area (Å²) in [5, 5.41) is 7.00. The highest BCUT2D eigenvalue weighted by Crippen LogP contribution is 1.91. The van der Waals surface area contributed by atoms with Crippen LogP contribution in [0.3, 0.4) is 0 Å². The van der Waals surface area contributed by atoms with Gasteiger partial charge in [0.2, 0.25) is 0 Å². The molecule has 0 amide bonds. The van der Waals surface area contributed by atoms with Crippen LogP contribution < -0.4 is 0 Å². The number of aliphatic hydroxyl groups is 1. The first-order valence-corrected chi connectivity index (χ1v) is 2.91. The quantitative estimate of drug-likeness (QED) is 0.633. The molecule has 0 aliphatic carbocycles. The molecule has 0 aromatic carbocycles. The number of aliphatic hydroxyl groups excluding tert-OH is 1. The Kier molecular flexibility index (Phi) is 5.29. The van der Waals surface area contributed by atoms with Crippen LogP contribution in [0.1, 0.15) is 5.69 Å². The van der Waals surface area contributed by atoms with Crippen molar-refractivity contribution in [3.05, 3.63) is 36.7 Å². The molecule has 0 bridgehead atoms. The predicted molar refractivity (Wildman–Crippen MR) is 42.5 cm³/mol. The van der Waals surface area contributed by atoms with E-state index in [1.165, 1.54) is 0 Å². The van der Waals surface area contributed by atoms with Crippen molar-refractivity contribution < 1.29 is 5.11 Å². The molecule has 2 nitrogen and oxygen atoms in total. The van der Waals surface area contributed by atoms with Gasteiger partial charge in [-0.05, 0) is 18.2 Å². The highest BCUT2D eigenvalue weighted by atomic mass is 16.2. The van der Waals surface area contributed by atoms with Gasteiger partial charge in [-0.2, -0.15) is 0 Å². The standard InChI is InChI=1S/C7H7N.CH4O/c1-2-7-5-3-4-6-8-7;1-2/h2-6H,1H2;2H,1H3. The molecule has 54 valence electrons. The minimum absolute atomic E-state index is 0.924. The maximum absolute atomic E-state index is 7.00. The van der Waals surface area contributed by atoms with Gasteiger partial charge in [0.15, 0.2) is 0 Å². The zero-order valence-corrected chi connectivity index (χ0v) is 5.99. The number of hydrogen-bond acceptors (Lipinski definition) is 2. The lowest BCUT2D eigenvalue weighted by molar-refractivity contribution is 0.399. The van der Waals surface area contributed by atoms with Crippen LogP contribution in [0.4, 0.5) is 0 Å². The Bertz CT molecular complexity index is 172.